The maximum absolute atomic E-state index is 12.2. The standard InChI is InChI=1S/C18H16O6/c19-17-13-5-1-2-6-14(13)18(20)24-12-10-22-16-8-4-3-7-15(16)21-9-11-23-17/h1-8H,9-12H2. The zero-order chi connectivity index (χ0) is 16.8. The van der Waals surface area contributed by atoms with Gasteiger partial charge in [-0.3, -0.25) is 0 Å². The minimum Gasteiger partial charge on any atom is -0.486 e. The van der Waals surface area contributed by atoms with Gasteiger partial charge in [0.2, 0.25) is 0 Å². The van der Waals surface area contributed by atoms with Crippen LogP contribution in [0.1, 0.15) is 20.7 Å². The number of carbonyl (C=O) groups is 2. The van der Waals surface area contributed by atoms with Gasteiger partial charge in [0.1, 0.15) is 26.4 Å². The zero-order valence-electron chi connectivity index (χ0n) is 12.9. The van der Waals surface area contributed by atoms with Gasteiger partial charge in [0.25, 0.3) is 0 Å². The summed E-state index contributed by atoms with van der Waals surface area (Å²) in [5.41, 5.74) is 0.335. The largest absolute Gasteiger partial charge is 0.486 e. The van der Waals surface area contributed by atoms with Crippen molar-refractivity contribution in [1.82, 2.24) is 0 Å². The van der Waals surface area contributed by atoms with E-state index in [1.807, 2.05) is 12.1 Å². The Kier molecular flexibility index (Phi) is 4.96. The molecule has 124 valence electrons. The van der Waals surface area contributed by atoms with E-state index < -0.39 is 11.9 Å². The summed E-state index contributed by atoms with van der Waals surface area (Å²) in [6, 6.07) is 13.5. The fourth-order valence-electron chi connectivity index (χ4n) is 2.26. The molecule has 0 aliphatic carbocycles. The molecular formula is C18H16O6. The lowest BCUT2D eigenvalue weighted by Gasteiger charge is -2.15. The maximum atomic E-state index is 12.2. The fourth-order valence-corrected chi connectivity index (χ4v) is 2.26. The Bertz CT molecular complexity index is 678. The summed E-state index contributed by atoms with van der Waals surface area (Å²) in [6.07, 6.45) is 0. The third-order valence-corrected chi connectivity index (χ3v) is 3.36. The molecule has 1 heterocycles. The molecule has 0 radical (unpaired) electrons. The van der Waals surface area contributed by atoms with E-state index in [1.54, 1.807) is 24.3 Å². The first kappa shape index (κ1) is 15.9. The van der Waals surface area contributed by atoms with Crippen molar-refractivity contribution < 1.29 is 28.5 Å². The summed E-state index contributed by atoms with van der Waals surface area (Å²) in [4.78, 5) is 24.3. The third kappa shape index (κ3) is 3.65. The molecule has 3 rings (SSSR count). The summed E-state index contributed by atoms with van der Waals surface area (Å²) in [7, 11) is 0. The predicted octanol–water partition coefficient (Wildman–Crippen LogP) is 2.47. The van der Waals surface area contributed by atoms with Crippen molar-refractivity contribution in [3.05, 3.63) is 59.7 Å². The number of esters is 2. The molecule has 0 unspecified atom stereocenters. The van der Waals surface area contributed by atoms with Crippen LogP contribution in [0.2, 0.25) is 0 Å². The van der Waals surface area contributed by atoms with E-state index in [1.165, 1.54) is 12.1 Å². The van der Waals surface area contributed by atoms with Crippen molar-refractivity contribution in [2.75, 3.05) is 26.4 Å². The number of fused-ring (bicyclic) bond motifs is 2. The number of rotatable bonds is 0. The second-order valence-electron chi connectivity index (χ2n) is 4.96. The molecule has 1 aliphatic heterocycles. The van der Waals surface area contributed by atoms with E-state index in [-0.39, 0.29) is 37.6 Å². The highest BCUT2D eigenvalue weighted by Gasteiger charge is 2.19. The van der Waals surface area contributed by atoms with Gasteiger partial charge in [-0.1, -0.05) is 24.3 Å². The third-order valence-electron chi connectivity index (χ3n) is 3.36. The molecule has 24 heavy (non-hydrogen) atoms. The number of ether oxygens (including phenoxy) is 4. The van der Waals surface area contributed by atoms with Gasteiger partial charge in [-0.25, -0.2) is 9.59 Å². The van der Waals surface area contributed by atoms with Crippen LogP contribution < -0.4 is 9.47 Å². The van der Waals surface area contributed by atoms with Crippen LogP contribution in [-0.4, -0.2) is 38.4 Å². The molecule has 1 aliphatic rings. The van der Waals surface area contributed by atoms with Crippen LogP contribution in [0.15, 0.2) is 48.5 Å². The average molecular weight is 328 g/mol. The lowest BCUT2D eigenvalue weighted by molar-refractivity contribution is 0.0389. The molecule has 0 bridgehead atoms. The normalized spacial score (nSPS) is 15.5. The topological polar surface area (TPSA) is 71.1 Å². The predicted molar refractivity (Wildman–Crippen MR) is 84.4 cm³/mol. The highest BCUT2D eigenvalue weighted by atomic mass is 16.6. The van der Waals surface area contributed by atoms with E-state index in [0.717, 1.165) is 0 Å². The van der Waals surface area contributed by atoms with E-state index in [0.29, 0.717) is 11.5 Å². The van der Waals surface area contributed by atoms with Crippen LogP contribution in [0, 0.1) is 0 Å². The van der Waals surface area contributed by atoms with Crippen molar-refractivity contribution in [3.8, 4) is 11.5 Å². The summed E-state index contributed by atoms with van der Waals surface area (Å²) < 4.78 is 21.5. The average Bonchev–Trinajstić information content (AvgIpc) is 2.62. The molecule has 0 spiro atoms. The van der Waals surface area contributed by atoms with E-state index in [2.05, 4.69) is 0 Å². The summed E-state index contributed by atoms with van der Waals surface area (Å²) in [5.74, 6) is -0.102. The molecule has 6 heteroatoms. The Hall–Kier alpha value is -3.02. The molecular weight excluding hydrogens is 312 g/mol. The second kappa shape index (κ2) is 7.50. The molecule has 2 aromatic carbocycles. The zero-order valence-corrected chi connectivity index (χ0v) is 12.9. The number of cyclic esters (lactones) is 2. The van der Waals surface area contributed by atoms with Crippen molar-refractivity contribution in [1.29, 1.82) is 0 Å². The van der Waals surface area contributed by atoms with Crippen LogP contribution in [0.3, 0.4) is 0 Å². The van der Waals surface area contributed by atoms with Gasteiger partial charge in [0.15, 0.2) is 11.5 Å². The van der Waals surface area contributed by atoms with Crippen molar-refractivity contribution in [3.63, 3.8) is 0 Å². The first-order valence-corrected chi connectivity index (χ1v) is 7.53. The highest BCUT2D eigenvalue weighted by Crippen LogP contribution is 2.26. The number of benzene rings is 2. The minimum absolute atomic E-state index is 0.0521. The van der Waals surface area contributed by atoms with Crippen molar-refractivity contribution in [2.45, 2.75) is 0 Å². The van der Waals surface area contributed by atoms with E-state index in [4.69, 9.17) is 18.9 Å². The highest BCUT2D eigenvalue weighted by molar-refractivity contribution is 6.03. The fraction of sp³-hybridized carbons (Fsp3) is 0.222. The minimum atomic E-state index is -0.590. The number of para-hydroxylation sites is 2. The lowest BCUT2D eigenvalue weighted by atomic mass is 10.1. The van der Waals surface area contributed by atoms with Gasteiger partial charge >= 0.3 is 11.9 Å². The van der Waals surface area contributed by atoms with Crippen LogP contribution in [0.4, 0.5) is 0 Å². The van der Waals surface area contributed by atoms with Crippen LogP contribution in [0.5, 0.6) is 11.5 Å². The Balaban J connectivity index is 1.80. The van der Waals surface area contributed by atoms with Gasteiger partial charge < -0.3 is 18.9 Å². The SMILES string of the molecule is O=C1OCCOc2ccccc2OCCOC(=O)c2ccccc21. The van der Waals surface area contributed by atoms with Gasteiger partial charge in [-0.05, 0) is 24.3 Å². The molecule has 2 aromatic rings. The molecule has 0 N–H and O–H groups in total. The Morgan fingerprint density at radius 3 is 1.38 bits per heavy atom. The molecule has 0 saturated heterocycles. The summed E-state index contributed by atoms with van der Waals surface area (Å²) in [6.45, 7) is 0.463. The lowest BCUT2D eigenvalue weighted by Crippen LogP contribution is -2.19. The number of hydrogen-bond acceptors (Lipinski definition) is 6. The molecule has 6 nitrogen and oxygen atoms in total. The molecule has 0 fully saturated rings. The molecule has 0 atom stereocenters. The number of carbonyl (C=O) groups excluding carboxylic acids is 2. The van der Waals surface area contributed by atoms with Crippen molar-refractivity contribution >= 4 is 11.9 Å². The van der Waals surface area contributed by atoms with E-state index in [9.17, 15) is 9.59 Å². The van der Waals surface area contributed by atoms with Gasteiger partial charge in [-0.2, -0.15) is 0 Å². The smallest absolute Gasteiger partial charge is 0.339 e. The molecule has 0 saturated carbocycles. The molecule has 0 amide bonds. The van der Waals surface area contributed by atoms with Gasteiger partial charge in [-0.15, -0.1) is 0 Å². The first-order valence-electron chi connectivity index (χ1n) is 7.53. The first-order chi connectivity index (χ1) is 11.8. The monoisotopic (exact) mass is 328 g/mol. The quantitative estimate of drug-likeness (QED) is 0.692. The molecule has 0 aromatic heterocycles. The Labute approximate surface area is 138 Å². The maximum Gasteiger partial charge on any atom is 0.339 e. The Morgan fingerprint density at radius 1 is 0.542 bits per heavy atom. The summed E-state index contributed by atoms with van der Waals surface area (Å²) in [5, 5.41) is 0. The van der Waals surface area contributed by atoms with Gasteiger partial charge in [0.05, 0.1) is 11.1 Å². The second-order valence-corrected chi connectivity index (χ2v) is 4.96. The van der Waals surface area contributed by atoms with Crippen LogP contribution >= 0.6 is 0 Å². The van der Waals surface area contributed by atoms with Gasteiger partial charge in [0, 0.05) is 0 Å². The summed E-state index contributed by atoms with van der Waals surface area (Å²) >= 11 is 0. The van der Waals surface area contributed by atoms with E-state index >= 15 is 0 Å². The number of hydrogen-bond donors (Lipinski definition) is 0. The Morgan fingerprint density at radius 2 is 0.917 bits per heavy atom. The van der Waals surface area contributed by atoms with Crippen LogP contribution in [0.25, 0.3) is 0 Å². The van der Waals surface area contributed by atoms with Crippen LogP contribution in [-0.2, 0) is 9.47 Å². The van der Waals surface area contributed by atoms with Crippen molar-refractivity contribution in [2.24, 2.45) is 0 Å².